The number of likely N-dealkylation sites (N-methyl/N-ethyl adjacent to an activating group) is 1. The number of hydrogen-bond acceptors (Lipinski definition) is 3. The Morgan fingerprint density at radius 1 is 1.71 bits per heavy atom. The molecule has 2 heterocycles. The highest BCUT2D eigenvalue weighted by Gasteiger charge is 2.19. The minimum absolute atomic E-state index is 0.184. The number of rotatable bonds is 2. The monoisotopic (exact) mass is 211 g/mol. The maximum Gasteiger partial charge on any atom is 0.308 e. The van der Waals surface area contributed by atoms with Crippen molar-refractivity contribution in [3.8, 4) is 0 Å². The Hall–Kier alpha value is -0.870. The van der Waals surface area contributed by atoms with Gasteiger partial charge in [-0.05, 0) is 30.0 Å². The van der Waals surface area contributed by atoms with E-state index < -0.39 is 5.97 Å². The first kappa shape index (κ1) is 9.68. The Bertz CT molecular complexity index is 359. The van der Waals surface area contributed by atoms with Crippen LogP contribution < -0.4 is 0 Å². The van der Waals surface area contributed by atoms with Crippen LogP contribution in [0.4, 0.5) is 0 Å². The highest BCUT2D eigenvalue weighted by atomic mass is 32.1. The predicted octanol–water partition coefficient (Wildman–Crippen LogP) is 1.36. The van der Waals surface area contributed by atoms with E-state index in [2.05, 4.69) is 17.3 Å². The molecule has 1 N–H and O–H groups in total. The molecule has 0 aliphatic carbocycles. The molecule has 0 unspecified atom stereocenters. The van der Waals surface area contributed by atoms with Crippen molar-refractivity contribution in [3.05, 3.63) is 21.4 Å². The second-order valence-electron chi connectivity index (χ2n) is 3.72. The Morgan fingerprint density at radius 2 is 2.50 bits per heavy atom. The molecule has 1 aromatic heterocycles. The summed E-state index contributed by atoms with van der Waals surface area (Å²) in [5.74, 6) is -0.728. The topological polar surface area (TPSA) is 40.5 Å². The van der Waals surface area contributed by atoms with E-state index in [1.165, 1.54) is 11.1 Å². The number of hydrogen-bond donors (Lipinski definition) is 1. The first-order chi connectivity index (χ1) is 6.66. The zero-order valence-electron chi connectivity index (χ0n) is 8.12. The molecule has 0 radical (unpaired) electrons. The molecule has 14 heavy (non-hydrogen) atoms. The maximum atomic E-state index is 10.6. The molecule has 1 aliphatic rings. The van der Waals surface area contributed by atoms with Crippen LogP contribution in [0.5, 0.6) is 0 Å². The van der Waals surface area contributed by atoms with Crippen molar-refractivity contribution in [2.75, 3.05) is 13.6 Å². The number of thiophene rings is 1. The molecular weight excluding hydrogens is 198 g/mol. The third-order valence-corrected chi connectivity index (χ3v) is 3.64. The molecule has 0 amide bonds. The van der Waals surface area contributed by atoms with Crippen molar-refractivity contribution >= 4 is 17.3 Å². The zero-order chi connectivity index (χ0) is 10.1. The molecule has 76 valence electrons. The summed E-state index contributed by atoms with van der Waals surface area (Å²) < 4.78 is 0. The zero-order valence-corrected chi connectivity index (χ0v) is 8.93. The number of carboxylic acid groups (broad SMARTS) is 1. The fraction of sp³-hybridized carbons (Fsp3) is 0.500. The Balaban J connectivity index is 2.24. The lowest BCUT2D eigenvalue weighted by Crippen LogP contribution is -2.26. The lowest BCUT2D eigenvalue weighted by Gasteiger charge is -2.22. The van der Waals surface area contributed by atoms with Gasteiger partial charge in [-0.25, -0.2) is 0 Å². The van der Waals surface area contributed by atoms with Crippen molar-refractivity contribution in [2.45, 2.75) is 19.4 Å². The Kier molecular flexibility index (Phi) is 2.56. The molecule has 0 bridgehead atoms. The van der Waals surface area contributed by atoms with Gasteiger partial charge in [-0.15, -0.1) is 11.3 Å². The van der Waals surface area contributed by atoms with Gasteiger partial charge in [0.2, 0.25) is 0 Å². The van der Waals surface area contributed by atoms with Crippen molar-refractivity contribution in [3.63, 3.8) is 0 Å². The summed E-state index contributed by atoms with van der Waals surface area (Å²) in [6.45, 7) is 2.00. The Morgan fingerprint density at radius 3 is 3.21 bits per heavy atom. The molecule has 0 spiro atoms. The molecule has 1 aliphatic heterocycles. The van der Waals surface area contributed by atoms with Crippen molar-refractivity contribution in [1.29, 1.82) is 0 Å². The molecule has 0 aromatic carbocycles. The van der Waals surface area contributed by atoms with Crippen LogP contribution >= 0.6 is 11.3 Å². The van der Waals surface area contributed by atoms with Crippen LogP contribution in [0.25, 0.3) is 0 Å². The van der Waals surface area contributed by atoms with Crippen molar-refractivity contribution < 1.29 is 9.90 Å². The van der Waals surface area contributed by atoms with Gasteiger partial charge in [0.1, 0.15) is 0 Å². The van der Waals surface area contributed by atoms with Gasteiger partial charge in [0.05, 0.1) is 6.42 Å². The van der Waals surface area contributed by atoms with Gasteiger partial charge in [0.25, 0.3) is 0 Å². The standard InChI is InChI=1S/C10H13NO2S/c1-11-3-2-8-7(5-11)6-14-9(8)4-10(12)13/h6H,2-5H2,1H3,(H,12,13). The summed E-state index contributed by atoms with van der Waals surface area (Å²) in [7, 11) is 2.09. The van der Waals surface area contributed by atoms with E-state index in [0.717, 1.165) is 24.4 Å². The largest absolute Gasteiger partial charge is 0.481 e. The van der Waals surface area contributed by atoms with Crippen LogP contribution in [0.1, 0.15) is 16.0 Å². The van der Waals surface area contributed by atoms with Gasteiger partial charge in [-0.1, -0.05) is 0 Å². The number of aliphatic carboxylic acids is 1. The molecule has 4 heteroatoms. The van der Waals surface area contributed by atoms with E-state index in [4.69, 9.17) is 5.11 Å². The first-order valence-electron chi connectivity index (χ1n) is 4.65. The van der Waals surface area contributed by atoms with Crippen LogP contribution in [-0.4, -0.2) is 29.6 Å². The number of fused-ring (bicyclic) bond motifs is 1. The van der Waals surface area contributed by atoms with E-state index in [9.17, 15) is 4.79 Å². The molecule has 0 atom stereocenters. The quantitative estimate of drug-likeness (QED) is 0.803. The van der Waals surface area contributed by atoms with Crippen LogP contribution in [0.3, 0.4) is 0 Å². The second kappa shape index (κ2) is 3.71. The van der Waals surface area contributed by atoms with Crippen molar-refractivity contribution in [1.82, 2.24) is 4.90 Å². The maximum absolute atomic E-state index is 10.6. The number of nitrogens with zero attached hydrogens (tertiary/aromatic N) is 1. The minimum Gasteiger partial charge on any atom is -0.481 e. The van der Waals surface area contributed by atoms with Gasteiger partial charge in [0, 0.05) is 18.0 Å². The molecule has 0 saturated carbocycles. The molecule has 0 fully saturated rings. The van der Waals surface area contributed by atoms with Gasteiger partial charge in [-0.2, -0.15) is 0 Å². The number of carboxylic acids is 1. The summed E-state index contributed by atoms with van der Waals surface area (Å²) >= 11 is 1.59. The smallest absolute Gasteiger partial charge is 0.308 e. The molecule has 0 saturated heterocycles. The second-order valence-corrected chi connectivity index (χ2v) is 4.69. The van der Waals surface area contributed by atoms with Crippen LogP contribution in [0, 0.1) is 0 Å². The SMILES string of the molecule is CN1CCc2c(csc2CC(=O)O)C1. The van der Waals surface area contributed by atoms with E-state index in [0.29, 0.717) is 0 Å². The third kappa shape index (κ3) is 1.81. The summed E-state index contributed by atoms with van der Waals surface area (Å²) in [5, 5.41) is 10.8. The van der Waals surface area contributed by atoms with Gasteiger partial charge >= 0.3 is 5.97 Å². The van der Waals surface area contributed by atoms with Gasteiger partial charge < -0.3 is 10.0 Å². The Labute approximate surface area is 87.0 Å². The average Bonchev–Trinajstić information content (AvgIpc) is 2.47. The minimum atomic E-state index is -0.728. The number of carbonyl (C=O) groups is 1. The summed E-state index contributed by atoms with van der Waals surface area (Å²) in [5.41, 5.74) is 2.61. The van der Waals surface area contributed by atoms with Gasteiger partial charge in [-0.3, -0.25) is 4.79 Å². The lowest BCUT2D eigenvalue weighted by atomic mass is 10.0. The predicted molar refractivity (Wildman–Crippen MR) is 55.7 cm³/mol. The highest BCUT2D eigenvalue weighted by molar-refractivity contribution is 7.10. The van der Waals surface area contributed by atoms with Crippen LogP contribution in [0.2, 0.25) is 0 Å². The average molecular weight is 211 g/mol. The molecular formula is C10H13NO2S. The highest BCUT2D eigenvalue weighted by Crippen LogP contribution is 2.27. The molecule has 2 rings (SSSR count). The fourth-order valence-electron chi connectivity index (χ4n) is 1.85. The normalized spacial score (nSPS) is 16.6. The van der Waals surface area contributed by atoms with Crippen LogP contribution in [-0.2, 0) is 24.2 Å². The van der Waals surface area contributed by atoms with E-state index >= 15 is 0 Å². The van der Waals surface area contributed by atoms with Crippen molar-refractivity contribution in [2.24, 2.45) is 0 Å². The van der Waals surface area contributed by atoms with E-state index in [-0.39, 0.29) is 6.42 Å². The molecule has 3 nitrogen and oxygen atoms in total. The van der Waals surface area contributed by atoms with E-state index in [1.807, 2.05) is 0 Å². The van der Waals surface area contributed by atoms with Gasteiger partial charge in [0.15, 0.2) is 0 Å². The lowest BCUT2D eigenvalue weighted by molar-refractivity contribution is -0.136. The summed E-state index contributed by atoms with van der Waals surface area (Å²) in [4.78, 5) is 13.9. The van der Waals surface area contributed by atoms with Crippen LogP contribution in [0.15, 0.2) is 5.38 Å². The summed E-state index contributed by atoms with van der Waals surface area (Å²) in [6.07, 6.45) is 1.18. The van der Waals surface area contributed by atoms with E-state index in [1.54, 1.807) is 11.3 Å². The molecule has 1 aromatic rings. The fourth-order valence-corrected chi connectivity index (χ4v) is 2.94. The first-order valence-corrected chi connectivity index (χ1v) is 5.53. The third-order valence-electron chi connectivity index (χ3n) is 2.56. The summed E-state index contributed by atoms with van der Waals surface area (Å²) in [6, 6.07) is 0.